The number of nitrogens with one attached hydrogen (secondary N) is 2. The van der Waals surface area contributed by atoms with Crippen LogP contribution in [0.15, 0.2) is 23.1 Å². The molecule has 0 aliphatic rings. The van der Waals surface area contributed by atoms with Gasteiger partial charge in [-0.2, -0.15) is 0 Å². The highest BCUT2D eigenvalue weighted by Crippen LogP contribution is 2.28. The van der Waals surface area contributed by atoms with Gasteiger partial charge >= 0.3 is 0 Å². The number of fused-ring (bicyclic) bond motifs is 5. The number of nitrogens with two attached hydrogens (primary N) is 1. The van der Waals surface area contributed by atoms with Gasteiger partial charge in [-0.15, -0.1) is 0 Å². The number of aromatic nitrogens is 4. The number of H-pyrrole nitrogens is 2. The minimum absolute atomic E-state index is 0.135. The van der Waals surface area contributed by atoms with Crippen LogP contribution in [0.25, 0.3) is 27.8 Å². The Morgan fingerprint density at radius 3 is 2.61 bits per heavy atom. The lowest BCUT2D eigenvalue weighted by Crippen LogP contribution is -2.31. The van der Waals surface area contributed by atoms with Crippen LogP contribution in [0.1, 0.15) is 40.3 Å². The molecule has 0 saturated carbocycles. The second kappa shape index (κ2) is 6.22. The van der Waals surface area contributed by atoms with Gasteiger partial charge in [-0.05, 0) is 32.4 Å². The maximum atomic E-state index is 12.7. The zero-order chi connectivity index (χ0) is 20.2. The van der Waals surface area contributed by atoms with Crippen LogP contribution in [0.5, 0.6) is 0 Å². The molecule has 0 spiro atoms. The standard InChI is InChI=1S/C19H20N6O3/c1-4-24(5-2)19(28)10-8-21-18-14(22-10)12(16(20)27)17-23-13-11(26)7-6-9(3)15(13)25(17)18/h6-8,21-22H,4-5H2,1-3H3,(H2,20,27). The van der Waals surface area contributed by atoms with Crippen molar-refractivity contribution < 1.29 is 9.59 Å². The van der Waals surface area contributed by atoms with Crippen molar-refractivity contribution in [3.63, 3.8) is 0 Å². The molecule has 4 N–H and O–H groups in total. The van der Waals surface area contributed by atoms with Gasteiger partial charge in [0.05, 0.1) is 11.0 Å². The highest BCUT2D eigenvalue weighted by molar-refractivity contribution is 6.13. The van der Waals surface area contributed by atoms with E-state index in [1.54, 1.807) is 21.6 Å². The van der Waals surface area contributed by atoms with E-state index in [1.807, 2.05) is 20.8 Å². The molecule has 9 nitrogen and oxygen atoms in total. The number of benzene rings is 1. The Morgan fingerprint density at radius 2 is 1.96 bits per heavy atom. The lowest BCUT2D eigenvalue weighted by molar-refractivity contribution is 0.0766. The molecule has 0 atom stereocenters. The Bertz CT molecular complexity index is 1320. The minimum Gasteiger partial charge on any atom is -0.365 e. The Balaban J connectivity index is 2.11. The zero-order valence-corrected chi connectivity index (χ0v) is 15.8. The first-order valence-corrected chi connectivity index (χ1v) is 9.03. The summed E-state index contributed by atoms with van der Waals surface area (Å²) < 4.78 is 1.70. The quantitative estimate of drug-likeness (QED) is 0.496. The molecule has 0 fully saturated rings. The first-order valence-electron chi connectivity index (χ1n) is 9.03. The van der Waals surface area contributed by atoms with Crippen LogP contribution in [0.3, 0.4) is 0 Å². The second-order valence-corrected chi connectivity index (χ2v) is 6.62. The van der Waals surface area contributed by atoms with Gasteiger partial charge < -0.3 is 20.6 Å². The molecule has 1 aromatic carbocycles. The highest BCUT2D eigenvalue weighted by Gasteiger charge is 2.25. The molecule has 9 heteroatoms. The number of hydrogen-bond acceptors (Lipinski definition) is 4. The Labute approximate surface area is 159 Å². The van der Waals surface area contributed by atoms with Crippen LogP contribution >= 0.6 is 0 Å². The van der Waals surface area contributed by atoms with Crippen molar-refractivity contribution in [3.05, 3.63) is 45.4 Å². The van der Waals surface area contributed by atoms with E-state index in [0.717, 1.165) is 5.56 Å². The molecule has 0 aliphatic carbocycles. The summed E-state index contributed by atoms with van der Waals surface area (Å²) in [5.41, 5.74) is 8.72. The van der Waals surface area contributed by atoms with E-state index in [1.165, 1.54) is 6.07 Å². The number of rotatable bonds is 4. The van der Waals surface area contributed by atoms with Crippen LogP contribution in [0.2, 0.25) is 0 Å². The van der Waals surface area contributed by atoms with Crippen LogP contribution in [-0.4, -0.2) is 49.2 Å². The summed E-state index contributed by atoms with van der Waals surface area (Å²) in [6, 6.07) is 3.16. The van der Waals surface area contributed by atoms with E-state index in [0.29, 0.717) is 35.5 Å². The summed E-state index contributed by atoms with van der Waals surface area (Å²) in [6.45, 7) is 6.77. The molecule has 3 heterocycles. The number of imidazole rings is 1. The second-order valence-electron chi connectivity index (χ2n) is 6.62. The smallest absolute Gasteiger partial charge is 0.271 e. The molecule has 0 unspecified atom stereocenters. The van der Waals surface area contributed by atoms with Crippen molar-refractivity contribution >= 4 is 39.7 Å². The molecule has 0 radical (unpaired) electrons. The SMILES string of the molecule is CCN(CC)C(=O)c1c[nH]c2c([nH]1)c(C(N)=O)c1nc3c(=O)ccc(C)c3n12. The zero-order valence-electron chi connectivity index (χ0n) is 15.8. The van der Waals surface area contributed by atoms with E-state index < -0.39 is 5.91 Å². The number of aromatic amines is 2. The summed E-state index contributed by atoms with van der Waals surface area (Å²) in [7, 11) is 0. The van der Waals surface area contributed by atoms with E-state index in [2.05, 4.69) is 15.0 Å². The molecule has 3 aromatic heterocycles. The van der Waals surface area contributed by atoms with E-state index in [-0.39, 0.29) is 28.1 Å². The fourth-order valence-corrected chi connectivity index (χ4v) is 3.64. The van der Waals surface area contributed by atoms with Crippen molar-refractivity contribution in [2.45, 2.75) is 20.8 Å². The predicted molar refractivity (Wildman–Crippen MR) is 106 cm³/mol. The maximum absolute atomic E-state index is 12.7. The van der Waals surface area contributed by atoms with Crippen LogP contribution in [-0.2, 0) is 0 Å². The van der Waals surface area contributed by atoms with Crippen LogP contribution < -0.4 is 11.2 Å². The van der Waals surface area contributed by atoms with Gasteiger partial charge in [0.2, 0.25) is 5.43 Å². The maximum Gasteiger partial charge on any atom is 0.271 e. The average molecular weight is 380 g/mol. The molecule has 4 rings (SSSR count). The molecule has 0 saturated heterocycles. The van der Waals surface area contributed by atoms with Crippen LogP contribution in [0.4, 0.5) is 0 Å². The van der Waals surface area contributed by atoms with Crippen molar-refractivity contribution in [1.82, 2.24) is 24.3 Å². The lowest BCUT2D eigenvalue weighted by Gasteiger charge is -2.18. The van der Waals surface area contributed by atoms with E-state index in [4.69, 9.17) is 5.73 Å². The molecule has 2 amide bonds. The third-order valence-electron chi connectivity index (χ3n) is 5.04. The van der Waals surface area contributed by atoms with Crippen molar-refractivity contribution in [2.75, 3.05) is 13.1 Å². The normalized spacial score (nSPS) is 11.5. The largest absolute Gasteiger partial charge is 0.365 e. The first kappa shape index (κ1) is 17.8. The monoisotopic (exact) mass is 380 g/mol. The van der Waals surface area contributed by atoms with Crippen LogP contribution in [0, 0.1) is 6.92 Å². The molecular weight excluding hydrogens is 360 g/mol. The van der Waals surface area contributed by atoms with Crippen molar-refractivity contribution in [1.29, 1.82) is 0 Å². The average Bonchev–Trinajstić information content (AvgIpc) is 3.20. The summed E-state index contributed by atoms with van der Waals surface area (Å²) >= 11 is 0. The number of hydrogen-bond donors (Lipinski definition) is 3. The number of aryl methyl sites for hydroxylation is 1. The van der Waals surface area contributed by atoms with Crippen molar-refractivity contribution in [3.8, 4) is 0 Å². The molecule has 144 valence electrons. The minimum atomic E-state index is -0.697. The molecule has 0 bridgehead atoms. The van der Waals surface area contributed by atoms with Gasteiger partial charge in [-0.3, -0.25) is 18.8 Å². The number of carbonyl (C=O) groups is 2. The highest BCUT2D eigenvalue weighted by atomic mass is 16.2. The third-order valence-corrected chi connectivity index (χ3v) is 5.04. The van der Waals surface area contributed by atoms with Gasteiger partial charge in [0.1, 0.15) is 22.4 Å². The van der Waals surface area contributed by atoms with Crippen molar-refractivity contribution in [2.24, 2.45) is 5.73 Å². The van der Waals surface area contributed by atoms with Gasteiger partial charge in [-0.1, -0.05) is 6.07 Å². The number of nitrogens with zero attached hydrogens (tertiary/aromatic N) is 3. The van der Waals surface area contributed by atoms with Gasteiger partial charge in [-0.25, -0.2) is 4.98 Å². The fourth-order valence-electron chi connectivity index (χ4n) is 3.64. The molecule has 4 aromatic rings. The molecule has 0 aliphatic heterocycles. The third kappa shape index (κ3) is 2.32. The topological polar surface area (TPSA) is 129 Å². The first-order chi connectivity index (χ1) is 13.4. The Morgan fingerprint density at radius 1 is 1.25 bits per heavy atom. The molecule has 28 heavy (non-hydrogen) atoms. The van der Waals surface area contributed by atoms with E-state index >= 15 is 0 Å². The Kier molecular flexibility index (Phi) is 3.95. The number of primary amides is 1. The number of amides is 2. The predicted octanol–water partition coefficient (Wildman–Crippen LogP) is 1.55. The van der Waals surface area contributed by atoms with Gasteiger partial charge in [0.25, 0.3) is 11.8 Å². The summed E-state index contributed by atoms with van der Waals surface area (Å²) in [4.78, 5) is 49.3. The summed E-state index contributed by atoms with van der Waals surface area (Å²) in [6.07, 6.45) is 1.55. The van der Waals surface area contributed by atoms with Gasteiger partial charge in [0.15, 0.2) is 5.65 Å². The lowest BCUT2D eigenvalue weighted by atomic mass is 10.2. The Hall–Kier alpha value is -3.62. The molecular formula is C19H20N6O3. The summed E-state index contributed by atoms with van der Waals surface area (Å²) in [5, 5.41) is 0. The van der Waals surface area contributed by atoms with Gasteiger partial charge in [0, 0.05) is 19.3 Å². The summed E-state index contributed by atoms with van der Waals surface area (Å²) in [5.74, 6) is -0.891. The van der Waals surface area contributed by atoms with E-state index in [9.17, 15) is 14.4 Å². The number of carbonyl (C=O) groups excluding carboxylic acids is 2. The fraction of sp³-hybridized carbons (Fsp3) is 0.263.